The van der Waals surface area contributed by atoms with E-state index in [1.165, 1.54) is 5.56 Å². The Morgan fingerprint density at radius 2 is 2.31 bits per heavy atom. The van der Waals surface area contributed by atoms with Gasteiger partial charge in [0.1, 0.15) is 6.33 Å². The molecular formula is C11H13N5. The number of hydrogen-bond donors (Lipinski definition) is 1. The van der Waals surface area contributed by atoms with Gasteiger partial charge in [-0.05, 0) is 6.07 Å². The fourth-order valence-corrected chi connectivity index (χ4v) is 2.10. The van der Waals surface area contributed by atoms with E-state index in [9.17, 15) is 0 Å². The normalized spacial score (nSPS) is 14.8. The minimum atomic E-state index is 0.844. The first-order chi connectivity index (χ1) is 7.86. The Kier molecular flexibility index (Phi) is 2.18. The Morgan fingerprint density at radius 1 is 1.38 bits per heavy atom. The highest BCUT2D eigenvalue weighted by molar-refractivity contribution is 5.60. The maximum atomic E-state index is 4.38. The lowest BCUT2D eigenvalue weighted by atomic mass is 10.0. The molecule has 0 spiro atoms. The quantitative estimate of drug-likeness (QED) is 0.753. The van der Waals surface area contributed by atoms with E-state index in [0.29, 0.717) is 0 Å². The first-order valence-corrected chi connectivity index (χ1v) is 5.38. The van der Waals surface area contributed by atoms with Crippen molar-refractivity contribution in [3.63, 3.8) is 0 Å². The highest BCUT2D eigenvalue weighted by Gasteiger charge is 2.17. The van der Waals surface area contributed by atoms with Gasteiger partial charge in [-0.1, -0.05) is 0 Å². The van der Waals surface area contributed by atoms with Crippen LogP contribution in [-0.2, 0) is 20.0 Å². The molecule has 0 saturated carbocycles. The molecule has 3 rings (SSSR count). The van der Waals surface area contributed by atoms with Gasteiger partial charge in [0.2, 0.25) is 0 Å². The molecule has 1 aliphatic rings. The van der Waals surface area contributed by atoms with Crippen LogP contribution in [0.4, 0.5) is 0 Å². The second kappa shape index (κ2) is 3.68. The van der Waals surface area contributed by atoms with Crippen molar-refractivity contribution in [1.82, 2.24) is 25.1 Å². The van der Waals surface area contributed by atoms with E-state index in [0.717, 1.165) is 36.6 Å². The molecule has 0 atom stereocenters. The van der Waals surface area contributed by atoms with Gasteiger partial charge in [-0.2, -0.15) is 5.10 Å². The zero-order valence-corrected chi connectivity index (χ0v) is 9.14. The van der Waals surface area contributed by atoms with Crippen LogP contribution in [-0.4, -0.2) is 26.3 Å². The minimum Gasteiger partial charge on any atom is -0.312 e. The van der Waals surface area contributed by atoms with Gasteiger partial charge in [0, 0.05) is 38.3 Å². The lowest BCUT2D eigenvalue weighted by Gasteiger charge is -2.18. The monoisotopic (exact) mass is 215 g/mol. The van der Waals surface area contributed by atoms with Crippen LogP contribution in [0.15, 0.2) is 18.6 Å². The van der Waals surface area contributed by atoms with E-state index in [2.05, 4.69) is 20.4 Å². The Hall–Kier alpha value is -1.75. The lowest BCUT2D eigenvalue weighted by Crippen LogP contribution is -2.25. The van der Waals surface area contributed by atoms with Crippen LogP contribution in [0, 0.1) is 0 Å². The minimum absolute atomic E-state index is 0.844. The highest BCUT2D eigenvalue weighted by atomic mass is 15.3. The second-order valence-corrected chi connectivity index (χ2v) is 3.91. The fourth-order valence-electron chi connectivity index (χ4n) is 2.10. The standard InChI is InChI=1S/C11H13N5/c1-16-10(3-5-15-16)11-8-6-12-4-2-9(8)13-7-14-11/h3,5,7,12H,2,4,6H2,1H3. The van der Waals surface area contributed by atoms with E-state index in [1.54, 1.807) is 12.5 Å². The molecule has 3 heterocycles. The molecule has 0 aromatic carbocycles. The van der Waals surface area contributed by atoms with Gasteiger partial charge in [0.15, 0.2) is 0 Å². The topological polar surface area (TPSA) is 55.6 Å². The molecule has 1 aliphatic heterocycles. The third-order valence-corrected chi connectivity index (χ3v) is 2.94. The van der Waals surface area contributed by atoms with E-state index >= 15 is 0 Å². The first-order valence-electron chi connectivity index (χ1n) is 5.38. The van der Waals surface area contributed by atoms with E-state index in [1.807, 2.05) is 17.8 Å². The molecule has 16 heavy (non-hydrogen) atoms. The third-order valence-electron chi connectivity index (χ3n) is 2.94. The van der Waals surface area contributed by atoms with E-state index in [-0.39, 0.29) is 0 Å². The van der Waals surface area contributed by atoms with Crippen molar-refractivity contribution in [3.05, 3.63) is 29.8 Å². The van der Waals surface area contributed by atoms with Crippen molar-refractivity contribution in [3.8, 4) is 11.4 Å². The van der Waals surface area contributed by atoms with Crippen molar-refractivity contribution in [2.24, 2.45) is 7.05 Å². The smallest absolute Gasteiger partial charge is 0.116 e. The maximum Gasteiger partial charge on any atom is 0.116 e. The van der Waals surface area contributed by atoms with Crippen molar-refractivity contribution in [1.29, 1.82) is 0 Å². The molecule has 0 unspecified atom stereocenters. The van der Waals surface area contributed by atoms with Crippen molar-refractivity contribution < 1.29 is 0 Å². The summed E-state index contributed by atoms with van der Waals surface area (Å²) in [5.41, 5.74) is 4.40. The highest BCUT2D eigenvalue weighted by Crippen LogP contribution is 2.23. The van der Waals surface area contributed by atoms with Crippen LogP contribution in [0.1, 0.15) is 11.3 Å². The van der Waals surface area contributed by atoms with Gasteiger partial charge in [0.05, 0.1) is 17.1 Å². The molecule has 5 nitrogen and oxygen atoms in total. The summed E-state index contributed by atoms with van der Waals surface area (Å²) in [7, 11) is 1.93. The van der Waals surface area contributed by atoms with Crippen LogP contribution < -0.4 is 5.32 Å². The number of aromatic nitrogens is 4. The predicted octanol–water partition coefficient (Wildman–Crippen LogP) is 0.523. The van der Waals surface area contributed by atoms with Crippen LogP contribution in [0.25, 0.3) is 11.4 Å². The molecule has 2 aromatic rings. The first kappa shape index (κ1) is 9.47. The predicted molar refractivity (Wildman–Crippen MR) is 59.6 cm³/mol. The van der Waals surface area contributed by atoms with Gasteiger partial charge in [-0.15, -0.1) is 0 Å². The van der Waals surface area contributed by atoms with Crippen LogP contribution in [0.5, 0.6) is 0 Å². The number of rotatable bonds is 1. The van der Waals surface area contributed by atoms with Gasteiger partial charge in [-0.3, -0.25) is 4.68 Å². The Morgan fingerprint density at radius 3 is 3.12 bits per heavy atom. The zero-order chi connectivity index (χ0) is 11.0. The Balaban J connectivity index is 2.18. The molecule has 1 N–H and O–H groups in total. The zero-order valence-electron chi connectivity index (χ0n) is 9.14. The third kappa shape index (κ3) is 1.40. The number of nitrogens with one attached hydrogen (secondary N) is 1. The number of nitrogens with zero attached hydrogens (tertiary/aromatic N) is 4. The molecule has 5 heteroatoms. The SMILES string of the molecule is Cn1nccc1-c1ncnc2c1CNCC2. The summed E-state index contributed by atoms with van der Waals surface area (Å²) >= 11 is 0. The fraction of sp³-hybridized carbons (Fsp3) is 0.364. The maximum absolute atomic E-state index is 4.38. The summed E-state index contributed by atoms with van der Waals surface area (Å²) in [4.78, 5) is 8.72. The van der Waals surface area contributed by atoms with E-state index < -0.39 is 0 Å². The molecule has 2 aromatic heterocycles. The Bertz CT molecular complexity index is 517. The van der Waals surface area contributed by atoms with Gasteiger partial charge < -0.3 is 5.32 Å². The van der Waals surface area contributed by atoms with Crippen LogP contribution in [0.2, 0.25) is 0 Å². The number of hydrogen-bond acceptors (Lipinski definition) is 4. The summed E-state index contributed by atoms with van der Waals surface area (Å²) in [6.07, 6.45) is 4.41. The molecule has 82 valence electrons. The van der Waals surface area contributed by atoms with Crippen molar-refractivity contribution in [2.75, 3.05) is 6.54 Å². The van der Waals surface area contributed by atoms with Gasteiger partial charge in [-0.25, -0.2) is 9.97 Å². The second-order valence-electron chi connectivity index (χ2n) is 3.91. The van der Waals surface area contributed by atoms with Crippen LogP contribution in [0.3, 0.4) is 0 Å². The summed E-state index contributed by atoms with van der Waals surface area (Å²) < 4.78 is 1.84. The summed E-state index contributed by atoms with van der Waals surface area (Å²) in [6.45, 7) is 1.84. The molecule has 0 amide bonds. The molecule has 0 aliphatic carbocycles. The molecule has 0 bridgehead atoms. The van der Waals surface area contributed by atoms with E-state index in [4.69, 9.17) is 0 Å². The number of aryl methyl sites for hydroxylation is 1. The van der Waals surface area contributed by atoms with Crippen LogP contribution >= 0.6 is 0 Å². The summed E-state index contributed by atoms with van der Waals surface area (Å²) in [6, 6.07) is 1.98. The average molecular weight is 215 g/mol. The van der Waals surface area contributed by atoms with Crippen molar-refractivity contribution >= 4 is 0 Å². The number of fused-ring (bicyclic) bond motifs is 1. The Labute approximate surface area is 93.5 Å². The molecule has 0 radical (unpaired) electrons. The molecule has 0 fully saturated rings. The molecular weight excluding hydrogens is 202 g/mol. The largest absolute Gasteiger partial charge is 0.312 e. The summed E-state index contributed by atoms with van der Waals surface area (Å²) in [5.74, 6) is 0. The summed E-state index contributed by atoms with van der Waals surface area (Å²) in [5, 5.41) is 7.53. The molecule has 0 saturated heterocycles. The lowest BCUT2D eigenvalue weighted by molar-refractivity contribution is 0.626. The van der Waals surface area contributed by atoms with Gasteiger partial charge >= 0.3 is 0 Å². The van der Waals surface area contributed by atoms with Crippen molar-refractivity contribution in [2.45, 2.75) is 13.0 Å². The average Bonchev–Trinajstić information content (AvgIpc) is 2.75. The van der Waals surface area contributed by atoms with Gasteiger partial charge in [0.25, 0.3) is 0 Å².